The van der Waals surface area contributed by atoms with Crippen molar-refractivity contribution in [1.82, 2.24) is 10.2 Å². The van der Waals surface area contributed by atoms with Gasteiger partial charge in [-0.1, -0.05) is 6.42 Å². The molecule has 3 aliphatic rings. The van der Waals surface area contributed by atoms with Crippen LogP contribution >= 0.6 is 0 Å². The molecule has 3 N–H and O–H groups in total. The Labute approximate surface area is 122 Å². The number of nitrogens with zero attached hydrogens (tertiary/aromatic N) is 1. The van der Waals surface area contributed by atoms with Crippen LogP contribution in [0.5, 0.6) is 0 Å². The van der Waals surface area contributed by atoms with Crippen LogP contribution in [0.4, 0.5) is 0 Å². The third kappa shape index (κ3) is 3.34. The largest absolute Gasteiger partial charge is 0.353 e. The molecule has 2 bridgehead atoms. The lowest BCUT2D eigenvalue weighted by Gasteiger charge is -2.32. The molecule has 1 heterocycles. The number of nitrogens with two attached hydrogens (primary N) is 1. The molecule has 3 atom stereocenters. The van der Waals surface area contributed by atoms with Gasteiger partial charge in [-0.3, -0.25) is 4.79 Å². The van der Waals surface area contributed by atoms with E-state index in [1.165, 1.54) is 25.7 Å². The molecule has 4 heteroatoms. The summed E-state index contributed by atoms with van der Waals surface area (Å²) in [5.74, 6) is 2.79. The summed E-state index contributed by atoms with van der Waals surface area (Å²) in [5, 5.41) is 3.27. The Morgan fingerprint density at radius 2 is 1.95 bits per heavy atom. The van der Waals surface area contributed by atoms with Crippen molar-refractivity contribution in [2.75, 3.05) is 26.2 Å². The van der Waals surface area contributed by atoms with Gasteiger partial charge in [0.1, 0.15) is 0 Å². The topological polar surface area (TPSA) is 58.4 Å². The maximum atomic E-state index is 12.2. The van der Waals surface area contributed by atoms with Gasteiger partial charge in [0, 0.05) is 38.6 Å². The summed E-state index contributed by atoms with van der Waals surface area (Å²) in [6.45, 7) is 3.89. The molecule has 20 heavy (non-hydrogen) atoms. The van der Waals surface area contributed by atoms with Crippen LogP contribution in [0.3, 0.4) is 0 Å². The Morgan fingerprint density at radius 1 is 1.15 bits per heavy atom. The van der Waals surface area contributed by atoms with Gasteiger partial charge in [-0.25, -0.2) is 0 Å². The fourth-order valence-electron chi connectivity index (χ4n) is 4.63. The second-order valence-electron chi connectivity index (χ2n) is 7.11. The molecule has 1 aliphatic heterocycles. The molecule has 3 rings (SSSR count). The molecule has 0 spiro atoms. The zero-order chi connectivity index (χ0) is 13.9. The number of amides is 1. The van der Waals surface area contributed by atoms with Crippen LogP contribution < -0.4 is 11.1 Å². The van der Waals surface area contributed by atoms with Gasteiger partial charge < -0.3 is 16.0 Å². The predicted molar refractivity (Wildman–Crippen MR) is 80.2 cm³/mol. The highest BCUT2D eigenvalue weighted by atomic mass is 16.1. The lowest BCUT2D eigenvalue weighted by Crippen LogP contribution is -2.46. The number of carbonyl (C=O) groups excluding carboxylic acids is 1. The van der Waals surface area contributed by atoms with Crippen molar-refractivity contribution in [3.05, 3.63) is 0 Å². The van der Waals surface area contributed by atoms with E-state index in [0.29, 0.717) is 17.9 Å². The molecule has 114 valence electrons. The van der Waals surface area contributed by atoms with Gasteiger partial charge in [0.15, 0.2) is 0 Å². The summed E-state index contributed by atoms with van der Waals surface area (Å²) in [6, 6.07) is 0.398. The van der Waals surface area contributed by atoms with Crippen LogP contribution in [0.2, 0.25) is 0 Å². The van der Waals surface area contributed by atoms with E-state index in [0.717, 1.165) is 57.3 Å². The van der Waals surface area contributed by atoms with Gasteiger partial charge in [-0.15, -0.1) is 0 Å². The van der Waals surface area contributed by atoms with Crippen LogP contribution in [-0.2, 0) is 4.79 Å². The number of fused-ring (bicyclic) bond motifs is 2. The average Bonchev–Trinajstić information content (AvgIpc) is 3.03. The predicted octanol–water partition coefficient (Wildman–Crippen LogP) is 1.35. The molecule has 3 fully saturated rings. The third-order valence-corrected chi connectivity index (χ3v) is 5.73. The van der Waals surface area contributed by atoms with Gasteiger partial charge in [0.05, 0.1) is 0 Å². The number of rotatable bonds is 5. The first kappa shape index (κ1) is 14.3. The quantitative estimate of drug-likeness (QED) is 0.799. The number of carbonyl (C=O) groups is 1. The Hall–Kier alpha value is -0.610. The summed E-state index contributed by atoms with van der Waals surface area (Å²) in [5.41, 5.74) is 5.58. The number of likely N-dealkylation sites (tertiary alicyclic amines) is 1. The molecule has 3 unspecified atom stereocenters. The molecule has 1 amide bonds. The minimum absolute atomic E-state index is 0.305. The van der Waals surface area contributed by atoms with Crippen molar-refractivity contribution in [1.29, 1.82) is 0 Å². The standard InChI is InChI=1S/C16H29N3O/c17-5-8-19-6-3-15(4-7-19)18-16(20)11-14-10-12-1-2-13(14)9-12/h12-15H,1-11,17H2,(H,18,20). The molecular weight excluding hydrogens is 250 g/mol. The van der Waals surface area contributed by atoms with Crippen LogP contribution in [-0.4, -0.2) is 43.0 Å². The van der Waals surface area contributed by atoms with E-state index < -0.39 is 0 Å². The Bertz CT molecular complexity index is 339. The number of hydrogen-bond acceptors (Lipinski definition) is 3. The zero-order valence-corrected chi connectivity index (χ0v) is 12.5. The van der Waals surface area contributed by atoms with Crippen molar-refractivity contribution < 1.29 is 4.79 Å². The molecule has 0 aromatic carbocycles. The third-order valence-electron chi connectivity index (χ3n) is 5.73. The van der Waals surface area contributed by atoms with Crippen molar-refractivity contribution in [2.45, 2.75) is 51.0 Å². The molecule has 1 saturated heterocycles. The Kier molecular flexibility index (Phi) is 4.61. The van der Waals surface area contributed by atoms with Crippen LogP contribution in [0, 0.1) is 17.8 Å². The molecule has 0 radical (unpaired) electrons. The van der Waals surface area contributed by atoms with E-state index in [1.807, 2.05) is 0 Å². The minimum Gasteiger partial charge on any atom is -0.353 e. The summed E-state index contributed by atoms with van der Waals surface area (Å²) in [4.78, 5) is 14.6. The first-order chi connectivity index (χ1) is 9.74. The lowest BCUT2D eigenvalue weighted by atomic mass is 9.86. The van der Waals surface area contributed by atoms with Crippen molar-refractivity contribution >= 4 is 5.91 Å². The Morgan fingerprint density at radius 3 is 2.55 bits per heavy atom. The highest BCUT2D eigenvalue weighted by Crippen LogP contribution is 2.49. The van der Waals surface area contributed by atoms with Gasteiger partial charge in [-0.2, -0.15) is 0 Å². The second kappa shape index (κ2) is 6.44. The number of piperidine rings is 1. The maximum Gasteiger partial charge on any atom is 0.220 e. The van der Waals surface area contributed by atoms with Gasteiger partial charge >= 0.3 is 0 Å². The van der Waals surface area contributed by atoms with Gasteiger partial charge in [0.25, 0.3) is 0 Å². The zero-order valence-electron chi connectivity index (χ0n) is 12.5. The summed E-state index contributed by atoms with van der Waals surface area (Å²) >= 11 is 0. The molecule has 0 aromatic heterocycles. The van der Waals surface area contributed by atoms with E-state index in [-0.39, 0.29) is 0 Å². The van der Waals surface area contributed by atoms with Gasteiger partial charge in [-0.05, 0) is 49.9 Å². The van der Waals surface area contributed by atoms with Crippen LogP contribution in [0.25, 0.3) is 0 Å². The van der Waals surface area contributed by atoms with Crippen molar-refractivity contribution in [3.8, 4) is 0 Å². The molecule has 2 saturated carbocycles. The molecular formula is C16H29N3O. The SMILES string of the molecule is NCCN1CCC(NC(=O)CC2CC3CCC2C3)CC1. The smallest absolute Gasteiger partial charge is 0.220 e. The van der Waals surface area contributed by atoms with Crippen molar-refractivity contribution in [2.24, 2.45) is 23.5 Å². The van der Waals surface area contributed by atoms with E-state index in [2.05, 4.69) is 10.2 Å². The van der Waals surface area contributed by atoms with E-state index >= 15 is 0 Å². The minimum atomic E-state index is 0.305. The maximum absolute atomic E-state index is 12.2. The molecule has 0 aromatic rings. The number of nitrogens with one attached hydrogen (secondary N) is 1. The van der Waals surface area contributed by atoms with E-state index in [9.17, 15) is 4.79 Å². The van der Waals surface area contributed by atoms with Crippen LogP contribution in [0.1, 0.15) is 44.9 Å². The summed E-state index contributed by atoms with van der Waals surface area (Å²) < 4.78 is 0. The fourth-order valence-corrected chi connectivity index (χ4v) is 4.63. The molecule has 2 aliphatic carbocycles. The second-order valence-corrected chi connectivity index (χ2v) is 7.11. The number of hydrogen-bond donors (Lipinski definition) is 2. The summed E-state index contributed by atoms with van der Waals surface area (Å²) in [7, 11) is 0. The summed E-state index contributed by atoms with van der Waals surface area (Å²) in [6.07, 6.45) is 8.46. The average molecular weight is 279 g/mol. The first-order valence-corrected chi connectivity index (χ1v) is 8.46. The fraction of sp³-hybridized carbons (Fsp3) is 0.938. The normalized spacial score (nSPS) is 34.5. The highest BCUT2D eigenvalue weighted by Gasteiger charge is 2.40. The lowest BCUT2D eigenvalue weighted by molar-refractivity contribution is -0.123. The van der Waals surface area contributed by atoms with Crippen molar-refractivity contribution in [3.63, 3.8) is 0 Å². The van der Waals surface area contributed by atoms with Crippen LogP contribution in [0.15, 0.2) is 0 Å². The molecule has 4 nitrogen and oxygen atoms in total. The highest BCUT2D eigenvalue weighted by molar-refractivity contribution is 5.76. The van der Waals surface area contributed by atoms with E-state index in [4.69, 9.17) is 5.73 Å². The first-order valence-electron chi connectivity index (χ1n) is 8.46. The van der Waals surface area contributed by atoms with E-state index in [1.54, 1.807) is 0 Å². The van der Waals surface area contributed by atoms with Gasteiger partial charge in [0.2, 0.25) is 5.91 Å². The monoisotopic (exact) mass is 279 g/mol. The Balaban J connectivity index is 1.37.